The van der Waals surface area contributed by atoms with Crippen molar-refractivity contribution in [3.63, 3.8) is 0 Å². The zero-order chi connectivity index (χ0) is 13.2. The van der Waals surface area contributed by atoms with Gasteiger partial charge in [-0.15, -0.1) is 0 Å². The molecule has 2 aromatic heterocycles. The molecule has 0 radical (unpaired) electrons. The van der Waals surface area contributed by atoms with Gasteiger partial charge in [-0.05, 0) is 28.1 Å². The molecule has 0 fully saturated rings. The van der Waals surface area contributed by atoms with Gasteiger partial charge < -0.3 is 5.32 Å². The van der Waals surface area contributed by atoms with Crippen LogP contribution in [-0.4, -0.2) is 14.8 Å². The summed E-state index contributed by atoms with van der Waals surface area (Å²) < 4.78 is 2.81. The van der Waals surface area contributed by atoms with Crippen molar-refractivity contribution >= 4 is 32.5 Å². The summed E-state index contributed by atoms with van der Waals surface area (Å²) in [7, 11) is 1.92. The van der Waals surface area contributed by atoms with E-state index in [1.54, 1.807) is 4.68 Å². The Labute approximate surface area is 119 Å². The van der Waals surface area contributed by atoms with Crippen LogP contribution in [0.15, 0.2) is 47.3 Å². The highest BCUT2D eigenvalue weighted by molar-refractivity contribution is 9.10. The van der Waals surface area contributed by atoms with Gasteiger partial charge in [0.15, 0.2) is 0 Å². The molecule has 0 saturated carbocycles. The second-order valence-corrected chi connectivity index (χ2v) is 5.22. The van der Waals surface area contributed by atoms with Crippen molar-refractivity contribution in [3.05, 3.63) is 52.9 Å². The number of benzene rings is 1. The summed E-state index contributed by atoms with van der Waals surface area (Å²) in [6.07, 6.45) is 5.69. The maximum absolute atomic E-state index is 4.40. The van der Waals surface area contributed by atoms with Crippen molar-refractivity contribution in [2.24, 2.45) is 7.05 Å². The zero-order valence-corrected chi connectivity index (χ0v) is 12.1. The van der Waals surface area contributed by atoms with Crippen LogP contribution in [0.25, 0.3) is 10.9 Å². The van der Waals surface area contributed by atoms with Crippen molar-refractivity contribution in [2.45, 2.75) is 6.54 Å². The van der Waals surface area contributed by atoms with Crippen molar-refractivity contribution in [1.82, 2.24) is 14.8 Å². The number of fused-ring (bicyclic) bond motifs is 1. The van der Waals surface area contributed by atoms with Gasteiger partial charge in [0.25, 0.3) is 0 Å². The van der Waals surface area contributed by atoms with Gasteiger partial charge in [0.2, 0.25) is 0 Å². The molecule has 0 aliphatic rings. The summed E-state index contributed by atoms with van der Waals surface area (Å²) in [6.45, 7) is 0.749. The van der Waals surface area contributed by atoms with E-state index in [0.29, 0.717) is 0 Å². The number of hydrogen-bond donors (Lipinski definition) is 1. The molecule has 0 aliphatic carbocycles. The number of rotatable bonds is 3. The third-order valence-corrected chi connectivity index (χ3v) is 3.60. The van der Waals surface area contributed by atoms with E-state index in [1.165, 1.54) is 0 Å². The Kier molecular flexibility index (Phi) is 3.21. The second-order valence-electron chi connectivity index (χ2n) is 4.37. The Morgan fingerprint density at radius 2 is 2.21 bits per heavy atom. The van der Waals surface area contributed by atoms with Crippen LogP contribution in [0.2, 0.25) is 0 Å². The minimum absolute atomic E-state index is 0.749. The van der Waals surface area contributed by atoms with E-state index in [1.807, 2.05) is 43.8 Å². The third-order valence-electron chi connectivity index (χ3n) is 2.96. The predicted octanol–water partition coefficient (Wildman–Crippen LogP) is 3.34. The van der Waals surface area contributed by atoms with Crippen molar-refractivity contribution < 1.29 is 0 Å². The number of para-hydroxylation sites is 1. The standard InChI is InChI=1S/C14H13BrN4/c1-19-9-10(8-18-19)7-17-13-5-6-16-14-11(13)3-2-4-12(14)15/h2-6,8-9H,7H2,1H3,(H,16,17). The highest BCUT2D eigenvalue weighted by atomic mass is 79.9. The topological polar surface area (TPSA) is 42.7 Å². The van der Waals surface area contributed by atoms with Crippen LogP contribution in [0, 0.1) is 0 Å². The predicted molar refractivity (Wildman–Crippen MR) is 80.0 cm³/mol. The molecule has 5 heteroatoms. The Bertz CT molecular complexity index is 720. The van der Waals surface area contributed by atoms with E-state index in [4.69, 9.17) is 0 Å². The van der Waals surface area contributed by atoms with Crippen LogP contribution in [0.5, 0.6) is 0 Å². The largest absolute Gasteiger partial charge is 0.380 e. The number of pyridine rings is 1. The molecular formula is C14H13BrN4. The van der Waals surface area contributed by atoms with Crippen molar-refractivity contribution in [1.29, 1.82) is 0 Å². The molecule has 3 aromatic rings. The second kappa shape index (κ2) is 5.01. The lowest BCUT2D eigenvalue weighted by Crippen LogP contribution is -1.99. The summed E-state index contributed by atoms with van der Waals surface area (Å²) >= 11 is 3.53. The van der Waals surface area contributed by atoms with Gasteiger partial charge in [-0.25, -0.2) is 0 Å². The molecule has 0 saturated heterocycles. The zero-order valence-electron chi connectivity index (χ0n) is 10.5. The first-order valence-electron chi connectivity index (χ1n) is 5.98. The van der Waals surface area contributed by atoms with Crippen LogP contribution in [0.1, 0.15) is 5.56 Å². The number of hydrogen-bond acceptors (Lipinski definition) is 3. The van der Waals surface area contributed by atoms with Crippen LogP contribution in [0.3, 0.4) is 0 Å². The van der Waals surface area contributed by atoms with Gasteiger partial charge in [0, 0.05) is 47.1 Å². The first-order valence-corrected chi connectivity index (χ1v) is 6.78. The van der Waals surface area contributed by atoms with Gasteiger partial charge in [-0.2, -0.15) is 5.10 Å². The summed E-state index contributed by atoms with van der Waals surface area (Å²) in [4.78, 5) is 4.40. The lowest BCUT2D eigenvalue weighted by atomic mass is 10.2. The van der Waals surface area contributed by atoms with Gasteiger partial charge in [0.1, 0.15) is 0 Å². The van der Waals surface area contributed by atoms with Crippen molar-refractivity contribution in [2.75, 3.05) is 5.32 Å². The maximum atomic E-state index is 4.40. The van der Waals surface area contributed by atoms with Crippen LogP contribution in [0.4, 0.5) is 5.69 Å². The first-order chi connectivity index (χ1) is 9.24. The fraction of sp³-hybridized carbons (Fsp3) is 0.143. The average Bonchev–Trinajstić information content (AvgIpc) is 2.83. The number of aryl methyl sites for hydroxylation is 1. The van der Waals surface area contributed by atoms with Crippen LogP contribution >= 0.6 is 15.9 Å². The summed E-state index contributed by atoms with van der Waals surface area (Å²) in [5.74, 6) is 0. The lowest BCUT2D eigenvalue weighted by Gasteiger charge is -2.09. The van der Waals surface area contributed by atoms with Crippen molar-refractivity contribution in [3.8, 4) is 0 Å². The average molecular weight is 317 g/mol. The quantitative estimate of drug-likeness (QED) is 0.805. The summed E-state index contributed by atoms with van der Waals surface area (Å²) in [5, 5.41) is 8.70. The summed E-state index contributed by atoms with van der Waals surface area (Å²) in [6, 6.07) is 8.08. The molecule has 0 bridgehead atoms. The lowest BCUT2D eigenvalue weighted by molar-refractivity contribution is 0.767. The number of aromatic nitrogens is 3. The monoisotopic (exact) mass is 316 g/mol. The van der Waals surface area contributed by atoms with E-state index in [2.05, 4.69) is 37.4 Å². The van der Waals surface area contributed by atoms with E-state index in [0.717, 1.165) is 33.2 Å². The molecule has 1 aromatic carbocycles. The molecule has 0 aliphatic heterocycles. The normalized spacial score (nSPS) is 10.8. The maximum Gasteiger partial charge on any atom is 0.0864 e. The van der Waals surface area contributed by atoms with Crippen LogP contribution in [-0.2, 0) is 13.6 Å². The van der Waals surface area contributed by atoms with Gasteiger partial charge >= 0.3 is 0 Å². The highest BCUT2D eigenvalue weighted by Crippen LogP contribution is 2.27. The molecule has 0 atom stereocenters. The fourth-order valence-electron chi connectivity index (χ4n) is 2.05. The minimum atomic E-state index is 0.749. The first kappa shape index (κ1) is 12.2. The molecule has 0 amide bonds. The molecule has 1 N–H and O–H groups in total. The smallest absolute Gasteiger partial charge is 0.0864 e. The SMILES string of the molecule is Cn1cc(CNc2ccnc3c(Br)cccc23)cn1. The Balaban J connectivity index is 1.91. The van der Waals surface area contributed by atoms with E-state index in [-0.39, 0.29) is 0 Å². The number of anilines is 1. The molecular weight excluding hydrogens is 304 g/mol. The Hall–Kier alpha value is -1.88. The van der Waals surface area contributed by atoms with Gasteiger partial charge in [-0.3, -0.25) is 9.67 Å². The number of nitrogens with one attached hydrogen (secondary N) is 1. The highest BCUT2D eigenvalue weighted by Gasteiger charge is 2.04. The minimum Gasteiger partial charge on any atom is -0.380 e. The molecule has 0 spiro atoms. The van der Waals surface area contributed by atoms with E-state index < -0.39 is 0 Å². The fourth-order valence-corrected chi connectivity index (χ4v) is 2.52. The molecule has 0 unspecified atom stereocenters. The Morgan fingerprint density at radius 1 is 1.32 bits per heavy atom. The molecule has 4 nitrogen and oxygen atoms in total. The van der Waals surface area contributed by atoms with E-state index >= 15 is 0 Å². The molecule has 2 heterocycles. The molecule has 96 valence electrons. The van der Waals surface area contributed by atoms with E-state index in [9.17, 15) is 0 Å². The van der Waals surface area contributed by atoms with Gasteiger partial charge in [0.05, 0.1) is 11.7 Å². The Morgan fingerprint density at radius 3 is 3.00 bits per heavy atom. The molecule has 3 rings (SSSR count). The summed E-state index contributed by atoms with van der Waals surface area (Å²) in [5.41, 5.74) is 3.20. The number of halogens is 1. The molecule has 19 heavy (non-hydrogen) atoms. The number of nitrogens with zero attached hydrogens (tertiary/aromatic N) is 3. The van der Waals surface area contributed by atoms with Gasteiger partial charge in [-0.1, -0.05) is 12.1 Å². The van der Waals surface area contributed by atoms with Crippen LogP contribution < -0.4 is 5.32 Å². The third kappa shape index (κ3) is 2.46.